The largest absolute Gasteiger partial charge is 0.327 e. The third-order valence-corrected chi connectivity index (χ3v) is 4.97. The van der Waals surface area contributed by atoms with Gasteiger partial charge in [0.15, 0.2) is 0 Å². The van der Waals surface area contributed by atoms with Gasteiger partial charge in [-0.25, -0.2) is 0 Å². The lowest BCUT2D eigenvalue weighted by Gasteiger charge is -2.25. The molecule has 2 aliphatic rings. The molecule has 0 amide bonds. The summed E-state index contributed by atoms with van der Waals surface area (Å²) in [5, 5.41) is 0. The maximum absolute atomic E-state index is 6.15. The number of nitrogens with two attached hydrogens (primary N) is 1. The Hall–Kier alpha value is -0.0800. The number of nitrogens with zero attached hydrogens (tertiary/aromatic N) is 1. The van der Waals surface area contributed by atoms with Gasteiger partial charge in [-0.2, -0.15) is 0 Å². The molecule has 2 unspecified atom stereocenters. The first-order chi connectivity index (χ1) is 8.07. The molecular formula is C15H30N2. The van der Waals surface area contributed by atoms with Gasteiger partial charge in [-0.15, -0.1) is 0 Å². The Morgan fingerprint density at radius 3 is 2.65 bits per heavy atom. The third-order valence-electron chi connectivity index (χ3n) is 4.97. The van der Waals surface area contributed by atoms with Crippen molar-refractivity contribution in [3.8, 4) is 0 Å². The molecule has 17 heavy (non-hydrogen) atoms. The van der Waals surface area contributed by atoms with Crippen LogP contribution in [0.5, 0.6) is 0 Å². The van der Waals surface area contributed by atoms with Crippen molar-refractivity contribution in [2.75, 3.05) is 19.6 Å². The van der Waals surface area contributed by atoms with Gasteiger partial charge in [-0.3, -0.25) is 0 Å². The second kappa shape index (κ2) is 5.71. The maximum Gasteiger partial charge on any atom is 0.00676 e. The average molecular weight is 238 g/mol. The quantitative estimate of drug-likeness (QED) is 0.819. The van der Waals surface area contributed by atoms with Gasteiger partial charge in [-0.1, -0.05) is 20.3 Å². The molecule has 2 N–H and O–H groups in total. The minimum atomic E-state index is 0.499. The van der Waals surface area contributed by atoms with Crippen LogP contribution in [0, 0.1) is 11.3 Å². The molecule has 0 spiro atoms. The molecular weight excluding hydrogens is 208 g/mol. The van der Waals surface area contributed by atoms with Crippen molar-refractivity contribution in [2.45, 2.75) is 64.8 Å². The summed E-state index contributed by atoms with van der Waals surface area (Å²) < 4.78 is 0. The highest BCUT2D eigenvalue weighted by Gasteiger charge is 2.26. The Morgan fingerprint density at radius 1 is 1.12 bits per heavy atom. The Labute approximate surface area is 107 Å². The van der Waals surface area contributed by atoms with Crippen LogP contribution in [0.1, 0.15) is 58.8 Å². The van der Waals surface area contributed by atoms with Gasteiger partial charge in [0.05, 0.1) is 0 Å². The van der Waals surface area contributed by atoms with Gasteiger partial charge in [0.1, 0.15) is 0 Å². The number of likely N-dealkylation sites (tertiary alicyclic amines) is 1. The summed E-state index contributed by atoms with van der Waals surface area (Å²) >= 11 is 0. The van der Waals surface area contributed by atoms with Crippen molar-refractivity contribution < 1.29 is 0 Å². The number of rotatable bonds is 3. The fourth-order valence-corrected chi connectivity index (χ4v) is 3.47. The first-order valence-electron chi connectivity index (χ1n) is 7.55. The molecule has 2 atom stereocenters. The van der Waals surface area contributed by atoms with Crippen molar-refractivity contribution in [1.82, 2.24) is 4.90 Å². The van der Waals surface area contributed by atoms with Crippen LogP contribution in [-0.4, -0.2) is 30.6 Å². The highest BCUT2D eigenvalue weighted by molar-refractivity contribution is 4.82. The zero-order chi connectivity index (χ0) is 12.3. The summed E-state index contributed by atoms with van der Waals surface area (Å²) in [5.41, 5.74) is 6.72. The van der Waals surface area contributed by atoms with Crippen LogP contribution in [0.15, 0.2) is 0 Å². The lowest BCUT2D eigenvalue weighted by molar-refractivity contribution is 0.241. The highest BCUT2D eigenvalue weighted by Crippen LogP contribution is 2.31. The topological polar surface area (TPSA) is 29.3 Å². The van der Waals surface area contributed by atoms with E-state index in [1.54, 1.807) is 0 Å². The summed E-state index contributed by atoms with van der Waals surface area (Å²) in [6, 6.07) is 0.499. The second-order valence-corrected chi connectivity index (χ2v) is 7.00. The van der Waals surface area contributed by atoms with E-state index in [4.69, 9.17) is 5.73 Å². The molecule has 2 fully saturated rings. The van der Waals surface area contributed by atoms with Crippen LogP contribution in [0.2, 0.25) is 0 Å². The van der Waals surface area contributed by atoms with E-state index in [1.165, 1.54) is 64.6 Å². The van der Waals surface area contributed by atoms with Crippen molar-refractivity contribution in [1.29, 1.82) is 0 Å². The zero-order valence-electron chi connectivity index (χ0n) is 11.8. The number of hydrogen-bond acceptors (Lipinski definition) is 2. The van der Waals surface area contributed by atoms with Crippen molar-refractivity contribution in [2.24, 2.45) is 17.1 Å². The fourth-order valence-electron chi connectivity index (χ4n) is 3.47. The Bertz CT molecular complexity index is 237. The smallest absolute Gasteiger partial charge is 0.00676 e. The minimum Gasteiger partial charge on any atom is -0.327 e. The van der Waals surface area contributed by atoms with Crippen LogP contribution in [0.4, 0.5) is 0 Å². The molecule has 1 saturated carbocycles. The molecule has 1 heterocycles. The molecule has 2 heteroatoms. The van der Waals surface area contributed by atoms with Gasteiger partial charge < -0.3 is 10.6 Å². The molecule has 2 nitrogen and oxygen atoms in total. The molecule has 1 saturated heterocycles. The van der Waals surface area contributed by atoms with Crippen LogP contribution in [0.25, 0.3) is 0 Å². The standard InChI is InChI=1S/C15H30N2/c1-15(2)8-4-10-17(12-9-15)11-7-13-5-3-6-14(13)16/h13-14H,3-12,16H2,1-2H3. The molecule has 1 aliphatic carbocycles. The van der Waals surface area contributed by atoms with Gasteiger partial charge in [0, 0.05) is 6.04 Å². The summed E-state index contributed by atoms with van der Waals surface area (Å²) in [6.45, 7) is 8.74. The molecule has 1 aliphatic heterocycles. The average Bonchev–Trinajstić information content (AvgIpc) is 2.58. The SMILES string of the molecule is CC1(C)CCCN(CCC2CCCC2N)CC1. The van der Waals surface area contributed by atoms with E-state index in [9.17, 15) is 0 Å². The highest BCUT2D eigenvalue weighted by atomic mass is 15.1. The van der Waals surface area contributed by atoms with Gasteiger partial charge in [0.25, 0.3) is 0 Å². The van der Waals surface area contributed by atoms with Crippen molar-refractivity contribution >= 4 is 0 Å². The van der Waals surface area contributed by atoms with E-state index >= 15 is 0 Å². The predicted molar refractivity (Wildman–Crippen MR) is 74.0 cm³/mol. The van der Waals surface area contributed by atoms with E-state index in [1.807, 2.05) is 0 Å². The summed E-state index contributed by atoms with van der Waals surface area (Å²) in [7, 11) is 0. The van der Waals surface area contributed by atoms with Crippen LogP contribution < -0.4 is 5.73 Å². The maximum atomic E-state index is 6.15. The summed E-state index contributed by atoms with van der Waals surface area (Å²) in [4.78, 5) is 2.68. The van der Waals surface area contributed by atoms with E-state index in [2.05, 4.69) is 18.7 Å². The molecule has 0 bridgehead atoms. The predicted octanol–water partition coefficient (Wildman–Crippen LogP) is 3.02. The van der Waals surface area contributed by atoms with Gasteiger partial charge in [0.2, 0.25) is 0 Å². The van der Waals surface area contributed by atoms with Crippen LogP contribution >= 0.6 is 0 Å². The molecule has 100 valence electrons. The van der Waals surface area contributed by atoms with E-state index < -0.39 is 0 Å². The van der Waals surface area contributed by atoms with E-state index in [0.29, 0.717) is 11.5 Å². The minimum absolute atomic E-state index is 0.499. The van der Waals surface area contributed by atoms with E-state index in [0.717, 1.165) is 5.92 Å². The lowest BCUT2D eigenvalue weighted by atomic mass is 9.85. The fraction of sp³-hybridized carbons (Fsp3) is 1.00. The first kappa shape index (κ1) is 13.4. The van der Waals surface area contributed by atoms with Gasteiger partial charge in [-0.05, 0) is 69.5 Å². The molecule has 0 aromatic carbocycles. The molecule has 0 aromatic heterocycles. The Kier molecular flexibility index (Phi) is 4.48. The summed E-state index contributed by atoms with van der Waals surface area (Å²) in [6.07, 6.45) is 9.47. The normalized spacial score (nSPS) is 34.8. The van der Waals surface area contributed by atoms with Crippen LogP contribution in [-0.2, 0) is 0 Å². The number of hydrogen-bond donors (Lipinski definition) is 1. The lowest BCUT2D eigenvalue weighted by Crippen LogP contribution is -2.31. The Balaban J connectivity index is 1.72. The zero-order valence-corrected chi connectivity index (χ0v) is 11.8. The van der Waals surface area contributed by atoms with Crippen LogP contribution in [0.3, 0.4) is 0 Å². The van der Waals surface area contributed by atoms with Crippen molar-refractivity contribution in [3.63, 3.8) is 0 Å². The summed E-state index contributed by atoms with van der Waals surface area (Å²) in [5.74, 6) is 0.811. The van der Waals surface area contributed by atoms with Gasteiger partial charge >= 0.3 is 0 Å². The molecule has 0 aromatic rings. The third kappa shape index (κ3) is 3.96. The second-order valence-electron chi connectivity index (χ2n) is 7.00. The molecule has 0 radical (unpaired) electrons. The van der Waals surface area contributed by atoms with Crippen molar-refractivity contribution in [3.05, 3.63) is 0 Å². The first-order valence-corrected chi connectivity index (χ1v) is 7.55. The monoisotopic (exact) mass is 238 g/mol. The Morgan fingerprint density at radius 2 is 1.94 bits per heavy atom. The van der Waals surface area contributed by atoms with E-state index in [-0.39, 0.29) is 0 Å². The molecule has 2 rings (SSSR count).